The van der Waals surface area contributed by atoms with E-state index in [1.54, 1.807) is 0 Å². The van der Waals surface area contributed by atoms with Gasteiger partial charge in [-0.3, -0.25) is 4.79 Å². The van der Waals surface area contributed by atoms with Crippen molar-refractivity contribution in [3.05, 3.63) is 0 Å². The van der Waals surface area contributed by atoms with Crippen LogP contribution in [0.2, 0.25) is 0 Å². The number of carbonyl (C=O) groups excluding carboxylic acids is 1. The van der Waals surface area contributed by atoms with Gasteiger partial charge in [-0.05, 0) is 19.3 Å². The molecule has 82 valence electrons. The summed E-state index contributed by atoms with van der Waals surface area (Å²) in [4.78, 5) is 11.6. The lowest BCUT2D eigenvalue weighted by Gasteiger charge is -2.14. The monoisotopic (exact) mass is 198 g/mol. The first kappa shape index (κ1) is 11.5. The smallest absolute Gasteiger partial charge is 0.224 e. The molecular weight excluding hydrogens is 176 g/mol. The number of unbranched alkanes of at least 4 members (excludes halogenated alkanes) is 2. The van der Waals surface area contributed by atoms with Gasteiger partial charge < -0.3 is 11.1 Å². The molecule has 3 nitrogen and oxygen atoms in total. The van der Waals surface area contributed by atoms with Crippen molar-refractivity contribution in [2.75, 3.05) is 6.54 Å². The number of nitrogens with two attached hydrogens (primary N) is 1. The van der Waals surface area contributed by atoms with Gasteiger partial charge in [0.25, 0.3) is 0 Å². The summed E-state index contributed by atoms with van der Waals surface area (Å²) in [6.07, 6.45) is 6.56. The first-order chi connectivity index (χ1) is 6.75. The molecule has 0 aromatic carbocycles. The standard InChI is InChI=1S/C11H22N2O/c1-2-3-4-8-13-11(14)9-6-5-7-10(9)12/h9-10H,2-8,12H2,1H3,(H,13,14). The zero-order valence-corrected chi connectivity index (χ0v) is 9.09. The second kappa shape index (κ2) is 6.02. The van der Waals surface area contributed by atoms with Gasteiger partial charge in [0, 0.05) is 12.6 Å². The summed E-state index contributed by atoms with van der Waals surface area (Å²) in [6.45, 7) is 2.98. The van der Waals surface area contributed by atoms with E-state index in [9.17, 15) is 4.79 Å². The number of carbonyl (C=O) groups is 1. The summed E-state index contributed by atoms with van der Waals surface area (Å²) in [5, 5.41) is 2.97. The van der Waals surface area contributed by atoms with Crippen LogP contribution in [-0.4, -0.2) is 18.5 Å². The van der Waals surface area contributed by atoms with E-state index < -0.39 is 0 Å². The Bertz CT molecular complexity index is 182. The Morgan fingerprint density at radius 1 is 1.43 bits per heavy atom. The molecule has 1 rings (SSSR count). The minimum Gasteiger partial charge on any atom is -0.356 e. The summed E-state index contributed by atoms with van der Waals surface area (Å²) in [5.41, 5.74) is 5.85. The van der Waals surface area contributed by atoms with Gasteiger partial charge in [-0.1, -0.05) is 26.2 Å². The molecule has 1 saturated carbocycles. The molecule has 1 aliphatic rings. The summed E-state index contributed by atoms with van der Waals surface area (Å²) < 4.78 is 0. The fourth-order valence-corrected chi connectivity index (χ4v) is 2.03. The third kappa shape index (κ3) is 3.29. The number of nitrogens with one attached hydrogen (secondary N) is 1. The highest BCUT2D eigenvalue weighted by molar-refractivity contribution is 5.79. The van der Waals surface area contributed by atoms with Crippen LogP contribution in [0.25, 0.3) is 0 Å². The third-order valence-electron chi connectivity index (χ3n) is 2.99. The first-order valence-electron chi connectivity index (χ1n) is 5.79. The van der Waals surface area contributed by atoms with Gasteiger partial charge in [0.05, 0.1) is 5.92 Å². The third-order valence-corrected chi connectivity index (χ3v) is 2.99. The fourth-order valence-electron chi connectivity index (χ4n) is 2.03. The molecule has 0 spiro atoms. The molecule has 3 N–H and O–H groups in total. The fraction of sp³-hybridized carbons (Fsp3) is 0.909. The van der Waals surface area contributed by atoms with Crippen molar-refractivity contribution in [1.82, 2.24) is 5.32 Å². The second-order valence-electron chi connectivity index (χ2n) is 4.20. The lowest BCUT2D eigenvalue weighted by Crippen LogP contribution is -2.38. The molecule has 0 heterocycles. The molecule has 1 fully saturated rings. The van der Waals surface area contributed by atoms with Gasteiger partial charge in [-0.25, -0.2) is 0 Å². The quantitative estimate of drug-likeness (QED) is 0.656. The van der Waals surface area contributed by atoms with Gasteiger partial charge in [-0.2, -0.15) is 0 Å². The molecule has 14 heavy (non-hydrogen) atoms. The zero-order chi connectivity index (χ0) is 10.4. The lowest BCUT2D eigenvalue weighted by atomic mass is 10.0. The molecule has 1 aliphatic carbocycles. The average molecular weight is 198 g/mol. The Hall–Kier alpha value is -0.570. The van der Waals surface area contributed by atoms with E-state index in [2.05, 4.69) is 12.2 Å². The zero-order valence-electron chi connectivity index (χ0n) is 9.09. The topological polar surface area (TPSA) is 55.1 Å². The van der Waals surface area contributed by atoms with Crippen molar-refractivity contribution in [3.8, 4) is 0 Å². The van der Waals surface area contributed by atoms with Gasteiger partial charge in [0.15, 0.2) is 0 Å². The van der Waals surface area contributed by atoms with Crippen molar-refractivity contribution in [2.24, 2.45) is 11.7 Å². The van der Waals surface area contributed by atoms with Gasteiger partial charge in [0.2, 0.25) is 5.91 Å². The number of hydrogen-bond acceptors (Lipinski definition) is 2. The molecule has 1 amide bonds. The normalized spacial score (nSPS) is 26.4. The second-order valence-corrected chi connectivity index (χ2v) is 4.20. The minimum absolute atomic E-state index is 0.0802. The first-order valence-corrected chi connectivity index (χ1v) is 5.79. The highest BCUT2D eigenvalue weighted by Crippen LogP contribution is 2.23. The SMILES string of the molecule is CCCCCNC(=O)C1CCCC1N. The predicted octanol–water partition coefficient (Wildman–Crippen LogP) is 1.42. The van der Waals surface area contributed by atoms with Crippen LogP contribution in [0.15, 0.2) is 0 Å². The average Bonchev–Trinajstić information content (AvgIpc) is 2.59. The van der Waals surface area contributed by atoms with E-state index in [1.807, 2.05) is 0 Å². The van der Waals surface area contributed by atoms with Crippen LogP contribution < -0.4 is 11.1 Å². The Morgan fingerprint density at radius 2 is 2.21 bits per heavy atom. The maximum Gasteiger partial charge on any atom is 0.224 e. The minimum atomic E-state index is 0.0802. The van der Waals surface area contributed by atoms with E-state index in [4.69, 9.17) is 5.73 Å². The van der Waals surface area contributed by atoms with Crippen molar-refractivity contribution in [3.63, 3.8) is 0 Å². The van der Waals surface area contributed by atoms with Crippen molar-refractivity contribution in [1.29, 1.82) is 0 Å². The van der Waals surface area contributed by atoms with Crippen molar-refractivity contribution >= 4 is 5.91 Å². The molecule has 0 aliphatic heterocycles. The van der Waals surface area contributed by atoms with Gasteiger partial charge >= 0.3 is 0 Å². The molecule has 0 aromatic rings. The Labute approximate surface area is 86.4 Å². The van der Waals surface area contributed by atoms with E-state index in [0.29, 0.717) is 0 Å². The summed E-state index contributed by atoms with van der Waals surface area (Å²) >= 11 is 0. The lowest BCUT2D eigenvalue weighted by molar-refractivity contribution is -0.125. The Balaban J connectivity index is 2.14. The maximum absolute atomic E-state index is 11.6. The van der Waals surface area contributed by atoms with E-state index >= 15 is 0 Å². The van der Waals surface area contributed by atoms with Crippen LogP contribution in [0, 0.1) is 5.92 Å². The molecule has 3 heteroatoms. The summed E-state index contributed by atoms with van der Waals surface area (Å²) in [7, 11) is 0. The number of rotatable bonds is 5. The van der Waals surface area contributed by atoms with Gasteiger partial charge in [0.1, 0.15) is 0 Å². The van der Waals surface area contributed by atoms with E-state index in [1.165, 1.54) is 12.8 Å². The van der Waals surface area contributed by atoms with E-state index in [-0.39, 0.29) is 17.9 Å². The van der Waals surface area contributed by atoms with Crippen molar-refractivity contribution in [2.45, 2.75) is 51.5 Å². The highest BCUT2D eigenvalue weighted by Gasteiger charge is 2.29. The largest absolute Gasteiger partial charge is 0.356 e. The van der Waals surface area contributed by atoms with Crippen molar-refractivity contribution < 1.29 is 4.79 Å². The number of amides is 1. The Kier molecular flexibility index (Phi) is 4.94. The highest BCUT2D eigenvalue weighted by atomic mass is 16.1. The molecule has 0 aromatic heterocycles. The molecule has 2 unspecified atom stereocenters. The van der Waals surface area contributed by atoms with Crippen LogP contribution >= 0.6 is 0 Å². The van der Waals surface area contributed by atoms with Crippen LogP contribution in [0.3, 0.4) is 0 Å². The predicted molar refractivity (Wildman–Crippen MR) is 57.9 cm³/mol. The molecule has 0 radical (unpaired) electrons. The number of hydrogen-bond donors (Lipinski definition) is 2. The van der Waals surface area contributed by atoms with Crippen LogP contribution in [0.1, 0.15) is 45.4 Å². The summed E-state index contributed by atoms with van der Waals surface area (Å²) in [6, 6.07) is 0.0983. The summed E-state index contributed by atoms with van der Waals surface area (Å²) in [5.74, 6) is 0.253. The van der Waals surface area contributed by atoms with Crippen LogP contribution in [0.4, 0.5) is 0 Å². The molecule has 0 bridgehead atoms. The molecule has 2 atom stereocenters. The molecule has 0 saturated heterocycles. The van der Waals surface area contributed by atoms with Crippen LogP contribution in [-0.2, 0) is 4.79 Å². The van der Waals surface area contributed by atoms with Crippen LogP contribution in [0.5, 0.6) is 0 Å². The van der Waals surface area contributed by atoms with Gasteiger partial charge in [-0.15, -0.1) is 0 Å². The Morgan fingerprint density at radius 3 is 2.79 bits per heavy atom. The maximum atomic E-state index is 11.6. The van der Waals surface area contributed by atoms with E-state index in [0.717, 1.165) is 32.2 Å². The molecular formula is C11H22N2O.